The van der Waals surface area contributed by atoms with Crippen LogP contribution >= 0.6 is 11.8 Å². The number of alkyl halides is 2. The van der Waals surface area contributed by atoms with Gasteiger partial charge in [0.05, 0.1) is 24.1 Å². The number of aromatic nitrogens is 2. The molecule has 2 heterocycles. The predicted molar refractivity (Wildman–Crippen MR) is 122 cm³/mol. The molecule has 9 nitrogen and oxygen atoms in total. The van der Waals surface area contributed by atoms with E-state index in [1.165, 1.54) is 31.4 Å². The largest absolute Gasteiger partial charge is 0.493 e. The summed E-state index contributed by atoms with van der Waals surface area (Å²) in [5, 5.41) is 6.54. The summed E-state index contributed by atoms with van der Waals surface area (Å²) in [7, 11) is 3.11. The SMILES string of the molecule is COc1cc(/C=C2\SC(=O)N(CCNC(=O)Cc3c(C)nn(C)c3C)C2=O)ccc1OC(F)F. The van der Waals surface area contributed by atoms with Crippen LogP contribution in [0.4, 0.5) is 13.6 Å². The van der Waals surface area contributed by atoms with Gasteiger partial charge in [0.1, 0.15) is 0 Å². The third-order valence-corrected chi connectivity index (χ3v) is 6.14. The predicted octanol–water partition coefficient (Wildman–Crippen LogP) is 3.04. The number of rotatable bonds is 9. The topological polar surface area (TPSA) is 103 Å². The number of nitrogens with one attached hydrogen (secondary N) is 1. The summed E-state index contributed by atoms with van der Waals surface area (Å²) >= 11 is 0.756. The number of halogens is 2. The monoisotopic (exact) mass is 494 g/mol. The van der Waals surface area contributed by atoms with Gasteiger partial charge in [-0.1, -0.05) is 6.07 Å². The number of imide groups is 1. The van der Waals surface area contributed by atoms with Crippen LogP contribution in [0.25, 0.3) is 6.08 Å². The molecule has 0 saturated carbocycles. The van der Waals surface area contributed by atoms with Gasteiger partial charge in [-0.2, -0.15) is 13.9 Å². The number of benzene rings is 1. The van der Waals surface area contributed by atoms with E-state index < -0.39 is 17.8 Å². The quantitative estimate of drug-likeness (QED) is 0.535. The fraction of sp³-hybridized carbons (Fsp3) is 0.364. The van der Waals surface area contributed by atoms with Gasteiger partial charge in [-0.15, -0.1) is 0 Å². The second kappa shape index (κ2) is 10.7. The van der Waals surface area contributed by atoms with Gasteiger partial charge in [0, 0.05) is 31.4 Å². The van der Waals surface area contributed by atoms with Gasteiger partial charge >= 0.3 is 6.61 Å². The molecule has 1 aliphatic rings. The molecule has 1 aliphatic heterocycles. The molecule has 0 spiro atoms. The first-order valence-electron chi connectivity index (χ1n) is 10.2. The zero-order valence-electron chi connectivity index (χ0n) is 19.1. The molecule has 12 heteroatoms. The van der Waals surface area contributed by atoms with Crippen LogP contribution in [0.3, 0.4) is 0 Å². The highest BCUT2D eigenvalue weighted by Crippen LogP contribution is 2.34. The van der Waals surface area contributed by atoms with Crippen LogP contribution < -0.4 is 14.8 Å². The van der Waals surface area contributed by atoms with Gasteiger partial charge in [-0.05, 0) is 49.4 Å². The number of nitrogens with zero attached hydrogens (tertiary/aromatic N) is 3. The maximum Gasteiger partial charge on any atom is 0.387 e. The Balaban J connectivity index is 1.60. The van der Waals surface area contributed by atoms with Crippen molar-refractivity contribution in [1.82, 2.24) is 20.0 Å². The molecule has 1 saturated heterocycles. The number of aryl methyl sites for hydroxylation is 2. The number of hydrogen-bond acceptors (Lipinski definition) is 7. The molecule has 0 unspecified atom stereocenters. The van der Waals surface area contributed by atoms with Gasteiger partial charge < -0.3 is 14.8 Å². The summed E-state index contributed by atoms with van der Waals surface area (Å²) in [6, 6.07) is 4.19. The summed E-state index contributed by atoms with van der Waals surface area (Å²) in [4.78, 5) is 38.5. The van der Waals surface area contributed by atoms with Gasteiger partial charge in [-0.3, -0.25) is 24.0 Å². The van der Waals surface area contributed by atoms with Crippen LogP contribution in [0.1, 0.15) is 22.5 Å². The van der Waals surface area contributed by atoms with E-state index in [9.17, 15) is 23.2 Å². The van der Waals surface area contributed by atoms with E-state index in [-0.39, 0.29) is 41.8 Å². The highest BCUT2D eigenvalue weighted by molar-refractivity contribution is 8.18. The minimum Gasteiger partial charge on any atom is -0.493 e. The van der Waals surface area contributed by atoms with E-state index >= 15 is 0 Å². The maximum absolute atomic E-state index is 12.7. The van der Waals surface area contributed by atoms with Crippen molar-refractivity contribution in [3.8, 4) is 11.5 Å². The summed E-state index contributed by atoms with van der Waals surface area (Å²) in [5.74, 6) is -0.819. The summed E-state index contributed by atoms with van der Waals surface area (Å²) < 4.78 is 36.1. The molecule has 2 aromatic rings. The molecule has 182 valence electrons. The van der Waals surface area contributed by atoms with Gasteiger partial charge in [0.15, 0.2) is 11.5 Å². The van der Waals surface area contributed by atoms with Crippen molar-refractivity contribution in [3.63, 3.8) is 0 Å². The molecular formula is C22H24F2N4O5S. The Labute approximate surface area is 199 Å². The van der Waals surface area contributed by atoms with Crippen LogP contribution in [0, 0.1) is 13.8 Å². The number of hydrogen-bond donors (Lipinski definition) is 1. The number of ether oxygens (including phenoxy) is 2. The van der Waals surface area contributed by atoms with Gasteiger partial charge in [0.25, 0.3) is 11.1 Å². The summed E-state index contributed by atoms with van der Waals surface area (Å²) in [6.45, 7) is 0.829. The van der Waals surface area contributed by atoms with Crippen molar-refractivity contribution in [3.05, 3.63) is 45.6 Å². The normalized spacial score (nSPS) is 14.9. The van der Waals surface area contributed by atoms with Crippen LogP contribution in [0.2, 0.25) is 0 Å². The Kier molecular flexibility index (Phi) is 7.92. The first kappa shape index (κ1) is 25.2. The highest BCUT2D eigenvalue weighted by atomic mass is 32.2. The number of carbonyl (C=O) groups excluding carboxylic acids is 3. The Morgan fingerprint density at radius 1 is 1.26 bits per heavy atom. The standard InChI is InChI=1S/C22H24F2N4O5S/c1-12-15(13(2)27(3)26-12)11-19(29)25-7-8-28-20(30)18(34-22(28)31)10-14-5-6-16(33-21(23)24)17(9-14)32-4/h5-6,9-10,21H,7-8,11H2,1-4H3,(H,25,29)/b18-10-. The Morgan fingerprint density at radius 2 is 2.00 bits per heavy atom. The minimum absolute atomic E-state index is 0.0171. The number of carbonyl (C=O) groups is 3. The van der Waals surface area contributed by atoms with Crippen LogP contribution in [-0.4, -0.2) is 58.5 Å². The summed E-state index contributed by atoms with van der Waals surface area (Å²) in [5.41, 5.74) is 2.99. The van der Waals surface area contributed by atoms with Crippen molar-refractivity contribution >= 4 is 34.9 Å². The van der Waals surface area contributed by atoms with Crippen LogP contribution in [0.5, 0.6) is 11.5 Å². The second-order valence-electron chi connectivity index (χ2n) is 7.42. The lowest BCUT2D eigenvalue weighted by molar-refractivity contribution is -0.124. The highest BCUT2D eigenvalue weighted by Gasteiger charge is 2.34. The van der Waals surface area contributed by atoms with E-state index in [0.29, 0.717) is 5.56 Å². The molecule has 0 radical (unpaired) electrons. The third-order valence-electron chi connectivity index (χ3n) is 5.23. The van der Waals surface area contributed by atoms with Crippen molar-refractivity contribution in [2.45, 2.75) is 26.9 Å². The van der Waals surface area contributed by atoms with Crippen molar-refractivity contribution in [1.29, 1.82) is 0 Å². The van der Waals surface area contributed by atoms with Crippen LogP contribution in [0.15, 0.2) is 23.1 Å². The van der Waals surface area contributed by atoms with E-state index in [4.69, 9.17) is 4.74 Å². The first-order chi connectivity index (χ1) is 16.1. The first-order valence-corrected chi connectivity index (χ1v) is 11.1. The van der Waals surface area contributed by atoms with Crippen molar-refractivity contribution in [2.24, 2.45) is 7.05 Å². The molecule has 0 aliphatic carbocycles. The fourth-order valence-electron chi connectivity index (χ4n) is 3.41. The smallest absolute Gasteiger partial charge is 0.387 e. The molecule has 0 bridgehead atoms. The van der Waals surface area contributed by atoms with Gasteiger partial charge in [0.2, 0.25) is 5.91 Å². The average molecular weight is 495 g/mol. The molecule has 1 aromatic heterocycles. The maximum atomic E-state index is 12.7. The number of amides is 3. The third kappa shape index (κ3) is 5.74. The zero-order valence-corrected chi connectivity index (χ0v) is 19.9. The van der Waals surface area contributed by atoms with E-state index in [2.05, 4.69) is 15.2 Å². The molecule has 1 N–H and O–H groups in total. The lowest BCUT2D eigenvalue weighted by Gasteiger charge is -2.13. The van der Waals surface area contributed by atoms with E-state index in [0.717, 1.165) is 33.6 Å². The zero-order chi connectivity index (χ0) is 25.0. The van der Waals surface area contributed by atoms with Crippen LogP contribution in [-0.2, 0) is 23.1 Å². The Morgan fingerprint density at radius 3 is 2.62 bits per heavy atom. The molecule has 34 heavy (non-hydrogen) atoms. The van der Waals surface area contributed by atoms with E-state index in [1.54, 1.807) is 11.7 Å². The van der Waals surface area contributed by atoms with E-state index in [1.807, 2.05) is 13.8 Å². The second-order valence-corrected chi connectivity index (χ2v) is 8.42. The molecule has 1 aromatic carbocycles. The molecule has 0 atom stereocenters. The number of thioether (sulfide) groups is 1. The molecule has 3 amide bonds. The average Bonchev–Trinajstić information content (AvgIpc) is 3.17. The fourth-order valence-corrected chi connectivity index (χ4v) is 4.28. The minimum atomic E-state index is -3.01. The Bertz CT molecular complexity index is 1150. The molecule has 3 rings (SSSR count). The Hall–Kier alpha value is -3.41. The number of methoxy groups -OCH3 is 1. The van der Waals surface area contributed by atoms with Crippen molar-refractivity contribution < 1.29 is 32.6 Å². The van der Waals surface area contributed by atoms with Crippen molar-refractivity contribution in [2.75, 3.05) is 20.2 Å². The lowest BCUT2D eigenvalue weighted by Crippen LogP contribution is -2.37. The lowest BCUT2D eigenvalue weighted by atomic mass is 10.1. The summed E-state index contributed by atoms with van der Waals surface area (Å²) in [6.07, 6.45) is 1.62. The molecular weight excluding hydrogens is 470 g/mol. The van der Waals surface area contributed by atoms with Gasteiger partial charge in [-0.25, -0.2) is 0 Å². The molecule has 1 fully saturated rings.